The minimum atomic E-state index is -1.85. The van der Waals surface area contributed by atoms with E-state index < -0.39 is 46.2 Å². The Balaban J connectivity index is 2.27. The van der Waals surface area contributed by atoms with Gasteiger partial charge in [0.25, 0.3) is 0 Å². The van der Waals surface area contributed by atoms with Crippen molar-refractivity contribution in [2.75, 3.05) is 5.75 Å². The lowest BCUT2D eigenvalue weighted by Gasteiger charge is -2.29. The number of ether oxygens (including phenoxy) is 1. The van der Waals surface area contributed by atoms with Gasteiger partial charge in [-0.1, -0.05) is 12.2 Å². The van der Waals surface area contributed by atoms with E-state index in [9.17, 15) is 24.0 Å². The summed E-state index contributed by atoms with van der Waals surface area (Å²) in [4.78, 5) is 23.4. The van der Waals surface area contributed by atoms with Crippen LogP contribution in [0.5, 0.6) is 0 Å². The number of aliphatic hydroxyl groups excluding tert-OH is 2. The average Bonchev–Trinajstić information content (AvgIpc) is 2.98. The summed E-state index contributed by atoms with van der Waals surface area (Å²) in [5, 5.41) is 29.1. The van der Waals surface area contributed by atoms with Crippen LogP contribution in [0.3, 0.4) is 0 Å². The summed E-state index contributed by atoms with van der Waals surface area (Å²) in [5.41, 5.74) is 5.51. The van der Waals surface area contributed by atoms with Gasteiger partial charge in [0, 0.05) is 16.6 Å². The van der Waals surface area contributed by atoms with E-state index in [1.807, 2.05) is 12.2 Å². The van der Waals surface area contributed by atoms with E-state index in [0.717, 1.165) is 12.8 Å². The lowest BCUT2D eigenvalue weighted by Crippen LogP contribution is -2.45. The molecule has 0 saturated heterocycles. The van der Waals surface area contributed by atoms with Crippen molar-refractivity contribution in [1.29, 1.82) is 0 Å². The zero-order valence-electron chi connectivity index (χ0n) is 16.1. The molecule has 2 unspecified atom stereocenters. The number of cyclic esters (lactones) is 1. The first-order valence-electron chi connectivity index (χ1n) is 9.76. The summed E-state index contributed by atoms with van der Waals surface area (Å²) in [6.45, 7) is 1.79. The highest BCUT2D eigenvalue weighted by Gasteiger charge is 2.42. The van der Waals surface area contributed by atoms with Gasteiger partial charge >= 0.3 is 11.9 Å². The molecule has 0 spiro atoms. The van der Waals surface area contributed by atoms with Crippen molar-refractivity contribution < 1.29 is 33.9 Å². The second-order valence-corrected chi connectivity index (χ2v) is 9.54. The van der Waals surface area contributed by atoms with Gasteiger partial charge in [-0.25, -0.2) is 0 Å². The molecule has 1 aliphatic carbocycles. The highest BCUT2D eigenvalue weighted by molar-refractivity contribution is 7.85. The summed E-state index contributed by atoms with van der Waals surface area (Å²) >= 11 is 0. The Hall–Kier alpha value is -1.29. The van der Waals surface area contributed by atoms with E-state index >= 15 is 0 Å². The maximum Gasteiger partial charge on any atom is 0.321 e. The predicted octanol–water partition coefficient (Wildman–Crippen LogP) is 0.326. The molecule has 5 N–H and O–H groups in total. The molecule has 1 heterocycles. The van der Waals surface area contributed by atoms with Crippen molar-refractivity contribution >= 4 is 22.7 Å². The fourth-order valence-electron chi connectivity index (χ4n) is 3.99. The van der Waals surface area contributed by atoms with Crippen molar-refractivity contribution in [2.45, 2.75) is 75.1 Å². The third-order valence-electron chi connectivity index (χ3n) is 5.52. The molecule has 160 valence electrons. The largest absolute Gasteiger partial charge is 0.480 e. The lowest BCUT2D eigenvalue weighted by molar-refractivity contribution is -0.149. The molecule has 0 aromatic rings. The number of esters is 1. The molecule has 8 atom stereocenters. The first-order chi connectivity index (χ1) is 13.2. The molecule has 2 rings (SSSR count). The maximum atomic E-state index is 12.8. The Bertz CT molecular complexity index is 611. The molecule has 2 aliphatic rings. The summed E-state index contributed by atoms with van der Waals surface area (Å²) in [6.07, 6.45) is 4.86. The molecule has 0 radical (unpaired) electrons. The van der Waals surface area contributed by atoms with Crippen molar-refractivity contribution in [2.24, 2.45) is 17.6 Å². The van der Waals surface area contributed by atoms with Crippen LogP contribution in [0.1, 0.15) is 45.4 Å². The number of rotatable bonds is 4. The average molecular weight is 418 g/mol. The second-order valence-electron chi connectivity index (χ2n) is 7.84. The molecule has 1 saturated carbocycles. The number of aliphatic hydroxyl groups is 2. The van der Waals surface area contributed by atoms with Gasteiger partial charge in [-0.05, 0) is 50.9 Å². The first-order valence-corrected chi connectivity index (χ1v) is 11.1. The molecule has 0 aromatic carbocycles. The number of nitrogens with two attached hydrogens (primary N) is 1. The summed E-state index contributed by atoms with van der Waals surface area (Å²) in [7, 11) is -1.85. The first kappa shape index (κ1) is 23.0. The number of carboxylic acid groups (broad SMARTS) is 1. The number of carbonyl (C=O) groups is 2. The minimum Gasteiger partial charge on any atom is -0.480 e. The van der Waals surface area contributed by atoms with Gasteiger partial charge in [-0.3, -0.25) is 13.8 Å². The Morgan fingerprint density at radius 2 is 2.11 bits per heavy atom. The number of fused-ring (bicyclic) bond motifs is 1. The van der Waals surface area contributed by atoms with Crippen molar-refractivity contribution in [3.63, 3.8) is 0 Å². The van der Waals surface area contributed by atoms with Gasteiger partial charge in [0.2, 0.25) is 0 Å². The SMILES string of the molecule is C[C@H]1CCC/C=C/[C@@H]2C[C@H](O)C[C@H]2[C@H](O)[C@H](S(=O)CC(N)C(=O)O)CC(=O)O1. The van der Waals surface area contributed by atoms with Crippen LogP contribution >= 0.6 is 0 Å². The molecular weight excluding hydrogens is 386 g/mol. The smallest absolute Gasteiger partial charge is 0.321 e. The summed E-state index contributed by atoms with van der Waals surface area (Å²) in [5.74, 6) is -2.69. The van der Waals surface area contributed by atoms with Gasteiger partial charge in [-0.15, -0.1) is 0 Å². The van der Waals surface area contributed by atoms with Gasteiger partial charge in [-0.2, -0.15) is 0 Å². The number of hydrogen-bond donors (Lipinski definition) is 4. The normalized spacial score (nSPS) is 38.1. The van der Waals surface area contributed by atoms with Crippen LogP contribution in [-0.4, -0.2) is 66.8 Å². The van der Waals surface area contributed by atoms with E-state index in [1.165, 1.54) is 0 Å². The Labute approximate surface area is 167 Å². The van der Waals surface area contributed by atoms with Crippen molar-refractivity contribution in [3.05, 3.63) is 12.2 Å². The summed E-state index contributed by atoms with van der Waals surface area (Å²) in [6, 6.07) is -1.35. The van der Waals surface area contributed by atoms with Crippen LogP contribution in [0.25, 0.3) is 0 Å². The summed E-state index contributed by atoms with van der Waals surface area (Å²) < 4.78 is 18.2. The molecule has 0 aromatic heterocycles. The number of allylic oxidation sites excluding steroid dienone is 2. The van der Waals surface area contributed by atoms with E-state index in [0.29, 0.717) is 19.3 Å². The highest BCUT2D eigenvalue weighted by atomic mass is 32.2. The third kappa shape index (κ3) is 6.37. The Morgan fingerprint density at radius 3 is 2.79 bits per heavy atom. The van der Waals surface area contributed by atoms with E-state index in [1.54, 1.807) is 6.92 Å². The monoisotopic (exact) mass is 417 g/mol. The number of carbonyl (C=O) groups excluding carboxylic acids is 1. The molecule has 1 fully saturated rings. The molecular formula is C19H31NO7S. The van der Waals surface area contributed by atoms with Crippen molar-refractivity contribution in [1.82, 2.24) is 0 Å². The van der Waals surface area contributed by atoms with E-state index in [4.69, 9.17) is 15.6 Å². The van der Waals surface area contributed by atoms with Gasteiger partial charge in [0.15, 0.2) is 0 Å². The molecule has 9 heteroatoms. The topological polar surface area (TPSA) is 147 Å². The van der Waals surface area contributed by atoms with E-state index in [-0.39, 0.29) is 30.1 Å². The fraction of sp³-hybridized carbons (Fsp3) is 0.789. The second kappa shape index (κ2) is 10.5. The predicted molar refractivity (Wildman–Crippen MR) is 104 cm³/mol. The fourth-order valence-corrected chi connectivity index (χ4v) is 5.57. The minimum absolute atomic E-state index is 0.0909. The van der Waals surface area contributed by atoms with Crippen LogP contribution < -0.4 is 5.73 Å². The van der Waals surface area contributed by atoms with Crippen molar-refractivity contribution in [3.8, 4) is 0 Å². The third-order valence-corrected chi connectivity index (χ3v) is 7.33. The van der Waals surface area contributed by atoms with Gasteiger partial charge in [0.1, 0.15) is 6.04 Å². The number of aliphatic carboxylic acids is 1. The van der Waals surface area contributed by atoms with Crippen LogP contribution in [0.2, 0.25) is 0 Å². The van der Waals surface area contributed by atoms with Crippen LogP contribution in [0.15, 0.2) is 12.2 Å². The Kier molecular flexibility index (Phi) is 8.60. The molecule has 0 amide bonds. The lowest BCUT2D eigenvalue weighted by atomic mass is 9.87. The zero-order valence-corrected chi connectivity index (χ0v) is 16.9. The van der Waals surface area contributed by atoms with Crippen LogP contribution in [-0.2, 0) is 25.1 Å². The number of hydrogen-bond acceptors (Lipinski definition) is 7. The molecule has 1 aliphatic heterocycles. The quantitative estimate of drug-likeness (QED) is 0.378. The van der Waals surface area contributed by atoms with Crippen LogP contribution in [0.4, 0.5) is 0 Å². The number of carboxylic acids is 1. The van der Waals surface area contributed by atoms with Gasteiger partial charge < -0.3 is 25.8 Å². The van der Waals surface area contributed by atoms with Gasteiger partial charge in [0.05, 0.1) is 30.0 Å². The molecule has 0 bridgehead atoms. The standard InChI is InChI=1S/C19H31NO7S/c1-11-5-3-2-4-6-12-7-13(21)8-14(12)18(23)16(9-17(22)27-11)28(26)10-15(20)19(24)25/h4,6,11-16,18,21,23H,2-3,5,7-10,20H2,1H3,(H,24,25)/b6-4+/t11-,12+,13-,14+,15?,16+,18-,28?/m0/s1. The molecule has 8 nitrogen and oxygen atoms in total. The molecule has 28 heavy (non-hydrogen) atoms. The Morgan fingerprint density at radius 1 is 1.39 bits per heavy atom. The zero-order chi connectivity index (χ0) is 20.8. The van der Waals surface area contributed by atoms with Crippen LogP contribution in [0, 0.1) is 11.8 Å². The maximum absolute atomic E-state index is 12.8. The van der Waals surface area contributed by atoms with E-state index in [2.05, 4.69) is 0 Å². The highest BCUT2D eigenvalue weighted by Crippen LogP contribution is 2.38.